The van der Waals surface area contributed by atoms with Crippen LogP contribution in [0, 0.1) is 12.9 Å². The summed E-state index contributed by atoms with van der Waals surface area (Å²) in [7, 11) is 0. The van der Waals surface area contributed by atoms with Crippen LogP contribution < -0.4 is 5.32 Å². The summed E-state index contributed by atoms with van der Waals surface area (Å²) in [6, 6.07) is 5.71. The zero-order valence-corrected chi connectivity index (χ0v) is 10.2. The average molecular weight is 266 g/mol. The van der Waals surface area contributed by atoms with Gasteiger partial charge >= 0.3 is 0 Å². The van der Waals surface area contributed by atoms with Gasteiger partial charge in [-0.05, 0) is 31.2 Å². The van der Waals surface area contributed by atoms with Gasteiger partial charge in [-0.1, -0.05) is 11.6 Å². The Morgan fingerprint density at radius 1 is 1.33 bits per heavy atom. The number of nitrogens with zero attached hydrogens (tertiary/aromatic N) is 2. The van der Waals surface area contributed by atoms with E-state index in [0.717, 1.165) is 6.07 Å². The molecule has 0 aliphatic rings. The lowest BCUT2D eigenvalue weighted by Crippen LogP contribution is -2.13. The quantitative estimate of drug-likeness (QED) is 0.850. The smallest absolute Gasteiger partial charge is 0.257 e. The highest BCUT2D eigenvalue weighted by Gasteiger charge is 2.09. The lowest BCUT2D eigenvalue weighted by atomic mass is 10.2. The number of rotatable bonds is 2. The van der Waals surface area contributed by atoms with Crippen molar-refractivity contribution in [1.29, 1.82) is 0 Å². The first-order chi connectivity index (χ1) is 8.56. The number of hydrogen-bond donors (Lipinski definition) is 1. The molecule has 2 aromatic rings. The van der Waals surface area contributed by atoms with Crippen LogP contribution in [0.2, 0.25) is 5.15 Å². The molecule has 0 saturated carbocycles. The van der Waals surface area contributed by atoms with E-state index in [1.165, 1.54) is 12.3 Å². The third kappa shape index (κ3) is 2.81. The Bertz CT molecular complexity index is 586. The van der Waals surface area contributed by atoms with Gasteiger partial charge in [0.15, 0.2) is 0 Å². The fourth-order valence-electron chi connectivity index (χ4n) is 1.37. The number of nitrogens with one attached hydrogen (secondary N) is 1. The largest absolute Gasteiger partial charge is 0.320 e. The summed E-state index contributed by atoms with van der Waals surface area (Å²) < 4.78 is 12.6. The fourth-order valence-corrected chi connectivity index (χ4v) is 1.56. The summed E-state index contributed by atoms with van der Waals surface area (Å²) in [4.78, 5) is 19.3. The molecule has 2 heterocycles. The number of hydrogen-bond acceptors (Lipinski definition) is 3. The number of halogens is 2. The molecule has 92 valence electrons. The molecule has 18 heavy (non-hydrogen) atoms. The molecule has 0 unspecified atom stereocenters. The molecule has 0 radical (unpaired) electrons. The summed E-state index contributed by atoms with van der Waals surface area (Å²) in [5, 5.41) is 3.01. The van der Waals surface area contributed by atoms with Gasteiger partial charge in [-0.15, -0.1) is 0 Å². The zero-order chi connectivity index (χ0) is 13.1. The predicted molar refractivity (Wildman–Crippen MR) is 66.1 cm³/mol. The number of pyridine rings is 2. The van der Waals surface area contributed by atoms with Gasteiger partial charge in [0.1, 0.15) is 5.15 Å². The maximum absolute atomic E-state index is 12.6. The molecule has 0 atom stereocenters. The minimum atomic E-state index is -0.629. The monoisotopic (exact) mass is 265 g/mol. The van der Waals surface area contributed by atoms with Gasteiger partial charge in [-0.3, -0.25) is 4.79 Å². The fraction of sp³-hybridized carbons (Fsp3) is 0.0833. The Hall–Kier alpha value is -2.01. The second kappa shape index (κ2) is 5.10. The minimum absolute atomic E-state index is 0.269. The van der Waals surface area contributed by atoms with Crippen LogP contribution in [0.3, 0.4) is 0 Å². The molecule has 6 heteroatoms. The van der Waals surface area contributed by atoms with Gasteiger partial charge in [0, 0.05) is 6.20 Å². The van der Waals surface area contributed by atoms with Crippen LogP contribution in [-0.4, -0.2) is 15.9 Å². The van der Waals surface area contributed by atoms with Crippen LogP contribution in [0.1, 0.15) is 16.1 Å². The average Bonchev–Trinajstić information content (AvgIpc) is 2.33. The van der Waals surface area contributed by atoms with Crippen LogP contribution in [-0.2, 0) is 0 Å². The molecule has 1 N–H and O–H groups in total. The molecule has 0 aliphatic carbocycles. The van der Waals surface area contributed by atoms with E-state index in [2.05, 4.69) is 15.3 Å². The van der Waals surface area contributed by atoms with E-state index in [0.29, 0.717) is 16.5 Å². The Kier molecular flexibility index (Phi) is 3.53. The number of carbonyl (C=O) groups is 1. The number of carbonyl (C=O) groups excluding carboxylic acids is 1. The van der Waals surface area contributed by atoms with Gasteiger partial charge in [-0.25, -0.2) is 9.97 Å². The van der Waals surface area contributed by atoms with E-state index < -0.39 is 5.95 Å². The van der Waals surface area contributed by atoms with Crippen molar-refractivity contribution in [3.05, 3.63) is 52.8 Å². The lowest BCUT2D eigenvalue weighted by Gasteiger charge is -2.07. The SMILES string of the molecule is Cc1nc(Cl)ccc1NC(=O)c1ccc(F)nc1. The van der Waals surface area contributed by atoms with Gasteiger partial charge in [0.05, 0.1) is 16.9 Å². The Balaban J connectivity index is 2.18. The number of anilines is 1. The highest BCUT2D eigenvalue weighted by molar-refractivity contribution is 6.29. The molecule has 0 aromatic carbocycles. The van der Waals surface area contributed by atoms with Crippen molar-refractivity contribution < 1.29 is 9.18 Å². The standard InChI is InChI=1S/C12H9ClFN3O/c1-7-9(3-4-10(13)16-7)17-12(18)8-2-5-11(14)15-6-8/h2-6H,1H3,(H,17,18). The van der Waals surface area contributed by atoms with Crippen molar-refractivity contribution in [3.8, 4) is 0 Å². The van der Waals surface area contributed by atoms with Gasteiger partial charge in [-0.2, -0.15) is 4.39 Å². The Labute approximate surface area is 108 Å². The third-order valence-electron chi connectivity index (χ3n) is 2.29. The van der Waals surface area contributed by atoms with E-state index in [-0.39, 0.29) is 11.5 Å². The van der Waals surface area contributed by atoms with Crippen molar-refractivity contribution >= 4 is 23.2 Å². The lowest BCUT2D eigenvalue weighted by molar-refractivity contribution is 0.102. The summed E-state index contributed by atoms with van der Waals surface area (Å²) in [5.41, 5.74) is 1.42. The molecule has 0 fully saturated rings. The highest BCUT2D eigenvalue weighted by atomic mass is 35.5. The molecule has 1 amide bonds. The Morgan fingerprint density at radius 3 is 2.72 bits per heavy atom. The molecule has 2 rings (SSSR count). The maximum Gasteiger partial charge on any atom is 0.257 e. The first kappa shape index (κ1) is 12.4. The van der Waals surface area contributed by atoms with Gasteiger partial charge in [0.2, 0.25) is 5.95 Å². The van der Waals surface area contributed by atoms with E-state index in [9.17, 15) is 9.18 Å². The summed E-state index contributed by atoms with van der Waals surface area (Å²) in [6.07, 6.45) is 1.17. The molecule has 0 aliphatic heterocycles. The minimum Gasteiger partial charge on any atom is -0.320 e. The van der Waals surface area contributed by atoms with E-state index in [4.69, 9.17) is 11.6 Å². The second-order valence-corrected chi connectivity index (χ2v) is 3.98. The van der Waals surface area contributed by atoms with Gasteiger partial charge < -0.3 is 5.32 Å². The van der Waals surface area contributed by atoms with Crippen molar-refractivity contribution in [2.75, 3.05) is 5.32 Å². The van der Waals surface area contributed by atoms with Crippen molar-refractivity contribution in [3.63, 3.8) is 0 Å². The second-order valence-electron chi connectivity index (χ2n) is 3.59. The first-order valence-corrected chi connectivity index (χ1v) is 5.50. The van der Waals surface area contributed by atoms with Crippen molar-refractivity contribution in [1.82, 2.24) is 9.97 Å². The molecule has 2 aromatic heterocycles. The van der Waals surface area contributed by atoms with Crippen LogP contribution in [0.15, 0.2) is 30.5 Å². The maximum atomic E-state index is 12.6. The molecule has 0 saturated heterocycles. The van der Waals surface area contributed by atoms with E-state index in [1.807, 2.05) is 0 Å². The topological polar surface area (TPSA) is 54.9 Å². The van der Waals surface area contributed by atoms with Crippen LogP contribution in [0.5, 0.6) is 0 Å². The van der Waals surface area contributed by atoms with Crippen molar-refractivity contribution in [2.45, 2.75) is 6.92 Å². The molecular weight excluding hydrogens is 257 g/mol. The highest BCUT2D eigenvalue weighted by Crippen LogP contribution is 2.16. The van der Waals surface area contributed by atoms with Crippen LogP contribution in [0.4, 0.5) is 10.1 Å². The van der Waals surface area contributed by atoms with Gasteiger partial charge in [0.25, 0.3) is 5.91 Å². The molecular formula is C12H9ClFN3O. The number of amides is 1. The summed E-state index contributed by atoms with van der Waals surface area (Å²) >= 11 is 5.71. The molecule has 0 spiro atoms. The van der Waals surface area contributed by atoms with Crippen molar-refractivity contribution in [2.24, 2.45) is 0 Å². The van der Waals surface area contributed by atoms with Crippen LogP contribution in [0.25, 0.3) is 0 Å². The number of aryl methyl sites for hydroxylation is 1. The zero-order valence-electron chi connectivity index (χ0n) is 9.45. The third-order valence-corrected chi connectivity index (χ3v) is 2.50. The van der Waals surface area contributed by atoms with Crippen LogP contribution >= 0.6 is 11.6 Å². The number of aromatic nitrogens is 2. The van der Waals surface area contributed by atoms with E-state index >= 15 is 0 Å². The molecule has 0 bridgehead atoms. The van der Waals surface area contributed by atoms with E-state index in [1.54, 1.807) is 19.1 Å². The summed E-state index contributed by atoms with van der Waals surface area (Å²) in [6.45, 7) is 1.73. The summed E-state index contributed by atoms with van der Waals surface area (Å²) in [5.74, 6) is -1.01. The predicted octanol–water partition coefficient (Wildman–Crippen LogP) is 2.83. The molecule has 4 nitrogen and oxygen atoms in total. The normalized spacial score (nSPS) is 10.2. The Morgan fingerprint density at radius 2 is 2.11 bits per heavy atom. The first-order valence-electron chi connectivity index (χ1n) is 5.12.